The highest BCUT2D eigenvalue weighted by atomic mass is 16.4. The van der Waals surface area contributed by atoms with Gasteiger partial charge in [-0.1, -0.05) is 26.0 Å². The number of likely N-dealkylation sites (tertiary alicyclic amines) is 1. The molecule has 0 saturated carbocycles. The number of carbonyl (C=O) groups excluding carboxylic acids is 6. The predicted octanol–water partition coefficient (Wildman–Crippen LogP) is -2.54. The Balaban J connectivity index is 2.07. The molecule has 1 aliphatic heterocycles. The first kappa shape index (κ1) is 35.5. The van der Waals surface area contributed by atoms with Gasteiger partial charge < -0.3 is 47.8 Å². The van der Waals surface area contributed by atoms with Crippen LogP contribution in [0.5, 0.6) is 5.75 Å². The summed E-state index contributed by atoms with van der Waals surface area (Å²) in [6.45, 7) is 2.47. The number of amides is 6. The van der Waals surface area contributed by atoms with E-state index in [4.69, 9.17) is 11.5 Å². The van der Waals surface area contributed by atoms with E-state index in [1.165, 1.54) is 17.0 Å². The maximum absolute atomic E-state index is 13.5. The maximum atomic E-state index is 13.5. The average Bonchev–Trinajstić information content (AvgIpc) is 3.46. The van der Waals surface area contributed by atoms with E-state index in [2.05, 4.69) is 21.3 Å². The van der Waals surface area contributed by atoms with Crippen LogP contribution in [0.4, 0.5) is 0 Å². The lowest BCUT2D eigenvalue weighted by molar-refractivity contribution is -0.143. The number of rotatable bonds is 16. The summed E-state index contributed by atoms with van der Waals surface area (Å²) in [5.41, 5.74) is 11.2. The Hall–Kier alpha value is -4.73. The van der Waals surface area contributed by atoms with Gasteiger partial charge in [0.15, 0.2) is 0 Å². The highest BCUT2D eigenvalue weighted by molar-refractivity contribution is 5.95. The van der Waals surface area contributed by atoms with Crippen molar-refractivity contribution in [2.24, 2.45) is 17.4 Å². The van der Waals surface area contributed by atoms with Gasteiger partial charge in [-0.05, 0) is 42.9 Å². The zero-order chi connectivity index (χ0) is 33.0. The molecule has 6 amide bonds. The number of primary amides is 1. The fourth-order valence-electron chi connectivity index (χ4n) is 4.68. The standard InChI is InChI=1S/C28H41N7O9/c1-15(2)24(28(43)44)34-25(40)18(9-10-21(30)37)32-23(39)14-31-26(41)20-4-3-11-35(20)27(42)19(33-22(38)13-29)12-16-5-7-17(36)8-6-16/h5-8,15,18-20,24,36H,3-4,9-14,29H2,1-2H3,(H2,30,37)(H,31,41)(H,32,39)(H,33,38)(H,34,40)(H,43,44)/t18-,19+,20-,24-/m0/s1. The Bertz CT molecular complexity index is 1220. The zero-order valence-corrected chi connectivity index (χ0v) is 24.7. The van der Waals surface area contributed by atoms with Crippen LogP contribution in [0.15, 0.2) is 24.3 Å². The van der Waals surface area contributed by atoms with Crippen LogP contribution in [0.2, 0.25) is 0 Å². The highest BCUT2D eigenvalue weighted by Crippen LogP contribution is 2.20. The molecular formula is C28H41N7O9. The van der Waals surface area contributed by atoms with Crippen LogP contribution in [-0.4, -0.2) is 100 Å². The van der Waals surface area contributed by atoms with Crippen molar-refractivity contribution in [1.82, 2.24) is 26.2 Å². The van der Waals surface area contributed by atoms with Crippen LogP contribution >= 0.6 is 0 Å². The van der Waals surface area contributed by atoms with Crippen LogP contribution in [0, 0.1) is 5.92 Å². The third-order valence-electron chi connectivity index (χ3n) is 7.02. The molecule has 0 aromatic heterocycles. The highest BCUT2D eigenvalue weighted by Gasteiger charge is 2.38. The number of hydrogen-bond donors (Lipinski definition) is 8. The van der Waals surface area contributed by atoms with E-state index < -0.39 is 78.0 Å². The first-order valence-electron chi connectivity index (χ1n) is 14.2. The van der Waals surface area contributed by atoms with Gasteiger partial charge in [0.2, 0.25) is 35.4 Å². The van der Waals surface area contributed by atoms with Crippen molar-refractivity contribution in [2.75, 3.05) is 19.6 Å². The molecule has 10 N–H and O–H groups in total. The van der Waals surface area contributed by atoms with Gasteiger partial charge in [-0.25, -0.2) is 4.79 Å². The van der Waals surface area contributed by atoms with E-state index in [9.17, 15) is 43.8 Å². The summed E-state index contributed by atoms with van der Waals surface area (Å²) in [5, 5.41) is 28.7. The van der Waals surface area contributed by atoms with E-state index >= 15 is 0 Å². The fraction of sp³-hybridized carbons (Fsp3) is 0.536. The molecule has 16 nitrogen and oxygen atoms in total. The first-order chi connectivity index (χ1) is 20.7. The minimum atomic E-state index is -1.30. The summed E-state index contributed by atoms with van der Waals surface area (Å²) in [5.74, 6) is -5.81. The molecular weight excluding hydrogens is 578 g/mol. The zero-order valence-electron chi connectivity index (χ0n) is 24.7. The summed E-state index contributed by atoms with van der Waals surface area (Å²) in [4.78, 5) is 88.2. The van der Waals surface area contributed by atoms with Crippen molar-refractivity contribution in [2.45, 2.75) is 70.1 Å². The normalized spacial score (nSPS) is 16.4. The number of nitrogens with zero attached hydrogens (tertiary/aromatic N) is 1. The number of carbonyl (C=O) groups is 7. The molecule has 0 radical (unpaired) electrons. The largest absolute Gasteiger partial charge is 0.508 e. The first-order valence-corrected chi connectivity index (χ1v) is 14.2. The van der Waals surface area contributed by atoms with Crippen LogP contribution in [0.1, 0.15) is 45.1 Å². The van der Waals surface area contributed by atoms with Gasteiger partial charge in [-0.2, -0.15) is 0 Å². The topological polar surface area (TPSA) is 263 Å². The van der Waals surface area contributed by atoms with Crippen LogP contribution < -0.4 is 32.7 Å². The number of nitrogens with one attached hydrogen (secondary N) is 4. The second-order valence-corrected chi connectivity index (χ2v) is 10.8. The summed E-state index contributed by atoms with van der Waals surface area (Å²) < 4.78 is 0. The molecule has 4 atom stereocenters. The van der Waals surface area contributed by atoms with Crippen molar-refractivity contribution in [3.63, 3.8) is 0 Å². The molecule has 1 aromatic carbocycles. The number of benzene rings is 1. The second-order valence-electron chi connectivity index (χ2n) is 10.8. The molecule has 44 heavy (non-hydrogen) atoms. The molecule has 1 fully saturated rings. The molecule has 0 bridgehead atoms. The van der Waals surface area contributed by atoms with E-state index in [0.717, 1.165) is 0 Å². The quantitative estimate of drug-likeness (QED) is 0.0961. The average molecular weight is 620 g/mol. The Labute approximate surface area is 254 Å². The molecule has 2 rings (SSSR count). The van der Waals surface area contributed by atoms with Crippen LogP contribution in [0.25, 0.3) is 0 Å². The van der Waals surface area contributed by atoms with E-state index in [-0.39, 0.29) is 38.1 Å². The number of aliphatic carboxylic acids is 1. The summed E-state index contributed by atoms with van der Waals surface area (Å²) >= 11 is 0. The van der Waals surface area contributed by atoms with Crippen molar-refractivity contribution >= 4 is 41.4 Å². The van der Waals surface area contributed by atoms with Crippen LogP contribution in [-0.2, 0) is 40.0 Å². The molecule has 242 valence electrons. The van der Waals surface area contributed by atoms with Crippen LogP contribution in [0.3, 0.4) is 0 Å². The van der Waals surface area contributed by atoms with Gasteiger partial charge in [-0.15, -0.1) is 0 Å². The van der Waals surface area contributed by atoms with Gasteiger partial charge >= 0.3 is 5.97 Å². The predicted molar refractivity (Wildman–Crippen MR) is 155 cm³/mol. The lowest BCUT2D eigenvalue weighted by Crippen LogP contribution is -2.56. The number of carboxylic acid groups (broad SMARTS) is 1. The molecule has 1 heterocycles. The third kappa shape index (κ3) is 10.8. The van der Waals surface area contributed by atoms with Gasteiger partial charge in [0.25, 0.3) is 0 Å². The Morgan fingerprint density at radius 2 is 1.61 bits per heavy atom. The van der Waals surface area contributed by atoms with Crippen molar-refractivity contribution in [3.8, 4) is 5.75 Å². The lowest BCUT2D eigenvalue weighted by atomic mass is 10.0. The number of phenols is 1. The van der Waals surface area contributed by atoms with Gasteiger partial charge in [-0.3, -0.25) is 28.8 Å². The summed E-state index contributed by atoms with van der Waals surface area (Å²) in [7, 11) is 0. The molecule has 16 heteroatoms. The molecule has 1 aromatic rings. The van der Waals surface area contributed by atoms with Gasteiger partial charge in [0.1, 0.15) is 29.9 Å². The monoisotopic (exact) mass is 619 g/mol. The Kier molecular flexibility index (Phi) is 13.5. The number of hydrogen-bond acceptors (Lipinski definition) is 9. The number of carboxylic acids is 1. The summed E-state index contributed by atoms with van der Waals surface area (Å²) in [6, 6.07) is 1.54. The molecule has 0 spiro atoms. The van der Waals surface area contributed by atoms with E-state index in [1.54, 1.807) is 26.0 Å². The minimum absolute atomic E-state index is 0.0303. The SMILES string of the molecule is CC(C)[C@H](NC(=O)[C@H](CCC(N)=O)NC(=O)CNC(=O)[C@@H]1CCCN1C(=O)[C@@H](Cc1ccc(O)cc1)NC(=O)CN)C(=O)O. The molecule has 1 saturated heterocycles. The fourth-order valence-corrected chi connectivity index (χ4v) is 4.68. The van der Waals surface area contributed by atoms with Gasteiger partial charge in [0.05, 0.1) is 13.1 Å². The molecule has 1 aliphatic rings. The number of aromatic hydroxyl groups is 1. The van der Waals surface area contributed by atoms with Crippen molar-refractivity contribution < 1.29 is 43.8 Å². The van der Waals surface area contributed by atoms with Crippen molar-refractivity contribution in [3.05, 3.63) is 29.8 Å². The van der Waals surface area contributed by atoms with Gasteiger partial charge in [0, 0.05) is 19.4 Å². The number of phenolic OH excluding ortho intramolecular Hbond substituents is 1. The molecule has 0 unspecified atom stereocenters. The number of nitrogens with two attached hydrogens (primary N) is 2. The summed E-state index contributed by atoms with van der Waals surface area (Å²) in [6.07, 6.45) is 0.392. The van der Waals surface area contributed by atoms with E-state index in [1.807, 2.05) is 0 Å². The smallest absolute Gasteiger partial charge is 0.326 e. The second kappa shape index (κ2) is 16.8. The lowest BCUT2D eigenvalue weighted by Gasteiger charge is -2.29. The maximum Gasteiger partial charge on any atom is 0.326 e. The Morgan fingerprint density at radius 3 is 2.18 bits per heavy atom. The Morgan fingerprint density at radius 1 is 0.977 bits per heavy atom. The third-order valence-corrected chi connectivity index (χ3v) is 7.02. The van der Waals surface area contributed by atoms with E-state index in [0.29, 0.717) is 18.4 Å². The minimum Gasteiger partial charge on any atom is -0.508 e. The van der Waals surface area contributed by atoms with Crippen molar-refractivity contribution in [1.29, 1.82) is 0 Å². The molecule has 0 aliphatic carbocycles.